The Hall–Kier alpha value is -4.62. The Kier molecular flexibility index (Phi) is 9.54. The zero-order valence-electron chi connectivity index (χ0n) is 25.1. The molecule has 1 aromatic heterocycles. The SMILES string of the molecule is COc1cc(CCC(=O)O)ccc1OC1CCN(CC(O)(c2cn(Cc3ccccc3)c3ccc([N+](=O)[O-])cc23)C(F)(F)F)CC1. The number of benzene rings is 3. The number of ether oxygens (including phenoxy) is 2. The maximum atomic E-state index is 14.9. The third-order valence-corrected chi connectivity index (χ3v) is 8.32. The Balaban J connectivity index is 1.36. The van der Waals surface area contributed by atoms with Gasteiger partial charge in [0.25, 0.3) is 5.69 Å². The molecule has 244 valence electrons. The first-order valence-corrected chi connectivity index (χ1v) is 14.8. The lowest BCUT2D eigenvalue weighted by atomic mass is 9.91. The zero-order chi connectivity index (χ0) is 33.1. The van der Waals surface area contributed by atoms with Crippen LogP contribution >= 0.6 is 0 Å². The molecule has 13 heteroatoms. The number of aliphatic carboxylic acids is 1. The molecule has 0 aliphatic carbocycles. The highest BCUT2D eigenvalue weighted by Crippen LogP contribution is 2.44. The number of piperidine rings is 1. The lowest BCUT2D eigenvalue weighted by Gasteiger charge is -2.39. The van der Waals surface area contributed by atoms with Gasteiger partial charge in [0.15, 0.2) is 11.5 Å². The van der Waals surface area contributed by atoms with Crippen LogP contribution in [0.2, 0.25) is 0 Å². The predicted molar refractivity (Wildman–Crippen MR) is 163 cm³/mol. The summed E-state index contributed by atoms with van der Waals surface area (Å²) in [7, 11) is 1.47. The van der Waals surface area contributed by atoms with Gasteiger partial charge in [-0.25, -0.2) is 0 Å². The number of carboxylic acid groups (broad SMARTS) is 1. The number of alkyl halides is 3. The number of carboxylic acids is 1. The van der Waals surface area contributed by atoms with Crippen LogP contribution in [-0.2, 0) is 23.4 Å². The summed E-state index contributed by atoms with van der Waals surface area (Å²) in [4.78, 5) is 23.3. The van der Waals surface area contributed by atoms with Gasteiger partial charge in [-0.1, -0.05) is 36.4 Å². The van der Waals surface area contributed by atoms with E-state index >= 15 is 0 Å². The normalized spacial score (nSPS) is 15.8. The van der Waals surface area contributed by atoms with E-state index in [1.807, 2.05) is 18.2 Å². The van der Waals surface area contributed by atoms with E-state index in [9.17, 15) is 33.2 Å². The van der Waals surface area contributed by atoms with E-state index in [1.165, 1.54) is 30.3 Å². The molecular weight excluding hydrogens is 607 g/mol. The lowest BCUT2D eigenvalue weighted by Crippen LogP contribution is -2.53. The van der Waals surface area contributed by atoms with Gasteiger partial charge in [0.2, 0.25) is 5.60 Å². The third-order valence-electron chi connectivity index (χ3n) is 8.32. The smallest absolute Gasteiger partial charge is 0.422 e. The number of aromatic nitrogens is 1. The summed E-state index contributed by atoms with van der Waals surface area (Å²) in [5.74, 6) is -0.0416. The van der Waals surface area contributed by atoms with Gasteiger partial charge < -0.3 is 24.3 Å². The summed E-state index contributed by atoms with van der Waals surface area (Å²) < 4.78 is 57.7. The van der Waals surface area contributed by atoms with Gasteiger partial charge in [-0.05, 0) is 48.6 Å². The number of halogens is 3. The molecule has 1 fully saturated rings. The van der Waals surface area contributed by atoms with Crippen molar-refractivity contribution in [1.29, 1.82) is 0 Å². The molecule has 2 heterocycles. The van der Waals surface area contributed by atoms with Crippen molar-refractivity contribution in [3.63, 3.8) is 0 Å². The average molecular weight is 642 g/mol. The molecule has 0 radical (unpaired) electrons. The number of nitrogens with zero attached hydrogens (tertiary/aromatic N) is 3. The van der Waals surface area contributed by atoms with Gasteiger partial charge in [0.1, 0.15) is 6.10 Å². The minimum Gasteiger partial charge on any atom is -0.493 e. The van der Waals surface area contributed by atoms with Crippen LogP contribution in [0.15, 0.2) is 72.9 Å². The van der Waals surface area contributed by atoms with E-state index in [-0.39, 0.29) is 43.2 Å². The van der Waals surface area contributed by atoms with Crippen LogP contribution in [0.5, 0.6) is 11.5 Å². The fraction of sp³-hybridized carbons (Fsp3) is 0.364. The molecule has 1 saturated heterocycles. The Morgan fingerprint density at radius 3 is 2.37 bits per heavy atom. The van der Waals surface area contributed by atoms with Crippen molar-refractivity contribution in [3.8, 4) is 11.5 Å². The third kappa shape index (κ3) is 7.10. The number of methoxy groups -OCH3 is 1. The molecule has 2 N–H and O–H groups in total. The van der Waals surface area contributed by atoms with Crippen LogP contribution in [0.4, 0.5) is 18.9 Å². The van der Waals surface area contributed by atoms with E-state index < -0.39 is 34.8 Å². The Morgan fingerprint density at radius 1 is 1.02 bits per heavy atom. The molecule has 1 aliphatic rings. The topological polar surface area (TPSA) is 127 Å². The number of aryl methyl sites for hydroxylation is 1. The van der Waals surface area contributed by atoms with E-state index in [1.54, 1.807) is 34.9 Å². The maximum Gasteiger partial charge on any atom is 0.422 e. The summed E-state index contributed by atoms with van der Waals surface area (Å²) in [6.45, 7) is -0.163. The second-order valence-electron chi connectivity index (χ2n) is 11.4. The summed E-state index contributed by atoms with van der Waals surface area (Å²) >= 11 is 0. The van der Waals surface area contributed by atoms with Crippen LogP contribution in [0.25, 0.3) is 10.9 Å². The van der Waals surface area contributed by atoms with Crippen molar-refractivity contribution < 1.29 is 42.6 Å². The van der Waals surface area contributed by atoms with E-state index in [4.69, 9.17) is 14.6 Å². The van der Waals surface area contributed by atoms with Gasteiger partial charge in [-0.3, -0.25) is 19.8 Å². The molecule has 0 spiro atoms. The number of nitro groups is 1. The number of fused-ring (bicyclic) bond motifs is 1. The number of carbonyl (C=O) groups is 1. The Labute approximate surface area is 262 Å². The van der Waals surface area contributed by atoms with E-state index in [0.717, 1.165) is 17.2 Å². The highest BCUT2D eigenvalue weighted by molar-refractivity contribution is 5.87. The zero-order valence-corrected chi connectivity index (χ0v) is 25.1. The molecule has 3 aromatic carbocycles. The second kappa shape index (κ2) is 13.4. The first kappa shape index (κ1) is 32.8. The summed E-state index contributed by atoms with van der Waals surface area (Å²) in [6.07, 6.45) is -3.13. The number of hydrogen-bond donors (Lipinski definition) is 2. The number of likely N-dealkylation sites (tertiary alicyclic amines) is 1. The fourth-order valence-electron chi connectivity index (χ4n) is 5.87. The van der Waals surface area contributed by atoms with Crippen molar-refractivity contribution in [2.45, 2.75) is 50.1 Å². The van der Waals surface area contributed by atoms with Crippen LogP contribution in [-0.4, -0.2) is 69.6 Å². The van der Waals surface area contributed by atoms with Gasteiger partial charge in [-0.15, -0.1) is 0 Å². The predicted octanol–water partition coefficient (Wildman–Crippen LogP) is 5.92. The Morgan fingerprint density at radius 2 is 1.74 bits per heavy atom. The second-order valence-corrected chi connectivity index (χ2v) is 11.4. The highest BCUT2D eigenvalue weighted by atomic mass is 19.4. The minimum atomic E-state index is -5.09. The first-order chi connectivity index (χ1) is 21.9. The molecule has 5 rings (SSSR count). The monoisotopic (exact) mass is 641 g/mol. The van der Waals surface area contributed by atoms with Crippen molar-refractivity contribution in [2.24, 2.45) is 0 Å². The fourth-order valence-corrected chi connectivity index (χ4v) is 5.87. The molecular formula is C33H34F3N3O7. The number of rotatable bonds is 12. The Bertz CT molecular complexity index is 1700. The average Bonchev–Trinajstić information content (AvgIpc) is 3.39. The lowest BCUT2D eigenvalue weighted by molar-refractivity contribution is -0.384. The van der Waals surface area contributed by atoms with E-state index in [0.29, 0.717) is 36.3 Å². The maximum absolute atomic E-state index is 14.9. The number of hydrogen-bond acceptors (Lipinski definition) is 7. The molecule has 0 amide bonds. The molecule has 1 aliphatic heterocycles. The molecule has 4 aromatic rings. The van der Waals surface area contributed by atoms with Crippen molar-refractivity contribution in [3.05, 3.63) is 99.7 Å². The molecule has 10 nitrogen and oxygen atoms in total. The number of non-ortho nitro benzene ring substituents is 1. The van der Waals surface area contributed by atoms with Gasteiger partial charge in [0.05, 0.1) is 12.0 Å². The van der Waals surface area contributed by atoms with Gasteiger partial charge >= 0.3 is 12.1 Å². The van der Waals surface area contributed by atoms with Crippen LogP contribution < -0.4 is 9.47 Å². The molecule has 0 saturated carbocycles. The summed E-state index contributed by atoms with van der Waals surface area (Å²) in [5, 5.41) is 32.0. The summed E-state index contributed by atoms with van der Waals surface area (Å²) in [5.41, 5.74) is -2.22. The van der Waals surface area contributed by atoms with Gasteiger partial charge in [-0.2, -0.15) is 13.2 Å². The van der Waals surface area contributed by atoms with Gasteiger partial charge in [0, 0.05) is 67.4 Å². The number of β-amino-alcohol motifs (C(OH)–C–C–N with tert-alkyl or cyclic N) is 1. The minimum absolute atomic E-state index is 0.0312. The number of aliphatic hydroxyl groups is 1. The molecule has 1 unspecified atom stereocenters. The van der Waals surface area contributed by atoms with Crippen LogP contribution in [0.1, 0.15) is 36.0 Å². The standard InChI is InChI=1S/C33H34F3N3O7/c1-45-30-17-22(8-12-31(40)41)7-11-29(30)46-25-13-15-37(16-14-25)21-32(42,33(34,35)36)27-20-38(19-23-5-3-2-4-6-23)28-10-9-24(39(43)44)18-26(27)28/h2-7,9-11,17-18,20,25,42H,8,12-16,19,21H2,1H3,(H,40,41). The first-order valence-electron chi connectivity index (χ1n) is 14.8. The number of nitro benzene ring substituents is 1. The quantitative estimate of drug-likeness (QED) is 0.144. The summed E-state index contributed by atoms with van der Waals surface area (Å²) in [6, 6.07) is 18.0. The molecule has 0 bridgehead atoms. The van der Waals surface area contributed by atoms with Crippen LogP contribution in [0, 0.1) is 10.1 Å². The van der Waals surface area contributed by atoms with E-state index in [2.05, 4.69) is 0 Å². The molecule has 46 heavy (non-hydrogen) atoms. The van der Waals surface area contributed by atoms with Crippen molar-refractivity contribution in [2.75, 3.05) is 26.7 Å². The largest absolute Gasteiger partial charge is 0.493 e. The van der Waals surface area contributed by atoms with Crippen LogP contribution in [0.3, 0.4) is 0 Å². The highest BCUT2D eigenvalue weighted by Gasteiger charge is 2.57. The van der Waals surface area contributed by atoms with Crippen molar-refractivity contribution >= 4 is 22.6 Å². The van der Waals surface area contributed by atoms with Crippen molar-refractivity contribution in [1.82, 2.24) is 9.47 Å². The molecule has 1 atom stereocenters.